The smallest absolute Gasteiger partial charge is 0.178 e. The van der Waals surface area contributed by atoms with Crippen molar-refractivity contribution in [1.29, 1.82) is 0 Å². The Labute approximate surface area is 96.7 Å². The molecule has 1 aromatic carbocycles. The predicted octanol–water partition coefficient (Wildman–Crippen LogP) is 4.07. The third-order valence-corrected chi connectivity index (χ3v) is 2.86. The molecule has 0 saturated carbocycles. The fraction of sp³-hybridized carbons (Fsp3) is 0.300. The van der Waals surface area contributed by atoms with Gasteiger partial charge in [0.25, 0.3) is 0 Å². The molecule has 0 aliphatic heterocycles. The molecule has 0 atom stereocenters. The molecule has 0 aliphatic rings. The molecule has 2 aromatic rings. The van der Waals surface area contributed by atoms with E-state index in [9.17, 15) is 4.39 Å². The fourth-order valence-electron chi connectivity index (χ4n) is 1.63. The zero-order valence-corrected chi connectivity index (χ0v) is 9.92. The highest BCUT2D eigenvalue weighted by atomic mass is 35.5. The maximum Gasteiger partial charge on any atom is 0.178 e. The van der Waals surface area contributed by atoms with Gasteiger partial charge in [0.05, 0.1) is 16.1 Å². The third-order valence-electron chi connectivity index (χ3n) is 2.27. The van der Waals surface area contributed by atoms with Crippen molar-refractivity contribution in [3.63, 3.8) is 0 Å². The predicted molar refractivity (Wildman–Crippen MR) is 62.5 cm³/mol. The van der Waals surface area contributed by atoms with Gasteiger partial charge in [-0.25, -0.2) is 4.39 Å². The second-order valence-corrected chi connectivity index (χ2v) is 4.47. The number of benzene rings is 1. The maximum atomic E-state index is 13.2. The van der Waals surface area contributed by atoms with Crippen LogP contribution < -0.4 is 0 Å². The van der Waals surface area contributed by atoms with Crippen molar-refractivity contribution in [3.05, 3.63) is 27.7 Å². The molecule has 15 heavy (non-hydrogen) atoms. The minimum atomic E-state index is -0.434. The molecular weight excluding hydrogens is 235 g/mol. The molecule has 0 spiro atoms. The highest BCUT2D eigenvalue weighted by Crippen LogP contribution is 2.24. The van der Waals surface area contributed by atoms with E-state index >= 15 is 0 Å². The SMILES string of the molecule is CC(C)n1c(=S)[nH]c2cc(F)c(Cl)cc21. The second-order valence-electron chi connectivity index (χ2n) is 3.68. The zero-order valence-electron chi connectivity index (χ0n) is 8.34. The lowest BCUT2D eigenvalue weighted by Crippen LogP contribution is -2.00. The van der Waals surface area contributed by atoms with Crippen LogP contribution in [0.5, 0.6) is 0 Å². The topological polar surface area (TPSA) is 20.7 Å². The first kappa shape index (κ1) is 10.6. The van der Waals surface area contributed by atoms with Crippen molar-refractivity contribution < 1.29 is 4.39 Å². The molecule has 2 rings (SSSR count). The van der Waals surface area contributed by atoms with E-state index in [1.54, 1.807) is 6.07 Å². The van der Waals surface area contributed by atoms with Crippen LogP contribution in [0.4, 0.5) is 4.39 Å². The van der Waals surface area contributed by atoms with Crippen LogP contribution in [0, 0.1) is 10.6 Å². The molecule has 0 aliphatic carbocycles. The van der Waals surface area contributed by atoms with Gasteiger partial charge >= 0.3 is 0 Å². The molecular formula is C10H10ClFN2S. The minimum absolute atomic E-state index is 0.117. The number of hydrogen-bond donors (Lipinski definition) is 1. The first-order chi connectivity index (χ1) is 7.00. The summed E-state index contributed by atoms with van der Waals surface area (Å²) in [6, 6.07) is 3.18. The summed E-state index contributed by atoms with van der Waals surface area (Å²) in [6.07, 6.45) is 0. The molecule has 0 bridgehead atoms. The van der Waals surface area contributed by atoms with E-state index in [4.69, 9.17) is 23.8 Å². The van der Waals surface area contributed by atoms with Crippen LogP contribution in [0.25, 0.3) is 11.0 Å². The van der Waals surface area contributed by atoms with E-state index < -0.39 is 5.82 Å². The summed E-state index contributed by atoms with van der Waals surface area (Å²) in [4.78, 5) is 2.96. The average molecular weight is 245 g/mol. The van der Waals surface area contributed by atoms with Gasteiger partial charge in [-0.3, -0.25) is 0 Å². The molecule has 80 valence electrons. The van der Waals surface area contributed by atoms with Gasteiger partial charge in [-0.1, -0.05) is 11.6 Å². The lowest BCUT2D eigenvalue weighted by molar-refractivity contribution is 0.608. The summed E-state index contributed by atoms with van der Waals surface area (Å²) in [7, 11) is 0. The summed E-state index contributed by atoms with van der Waals surface area (Å²) in [6.45, 7) is 4.03. The summed E-state index contributed by atoms with van der Waals surface area (Å²) >= 11 is 10.9. The monoisotopic (exact) mass is 244 g/mol. The molecule has 0 fully saturated rings. The number of H-pyrrole nitrogens is 1. The van der Waals surface area contributed by atoms with E-state index in [1.807, 2.05) is 18.4 Å². The number of nitrogens with one attached hydrogen (secondary N) is 1. The normalized spacial score (nSPS) is 11.5. The Morgan fingerprint density at radius 3 is 2.73 bits per heavy atom. The molecule has 0 radical (unpaired) electrons. The largest absolute Gasteiger partial charge is 0.330 e. The Morgan fingerprint density at radius 2 is 2.13 bits per heavy atom. The van der Waals surface area contributed by atoms with Gasteiger partial charge in [0.2, 0.25) is 0 Å². The van der Waals surface area contributed by atoms with Crippen molar-refractivity contribution in [2.75, 3.05) is 0 Å². The van der Waals surface area contributed by atoms with Crippen molar-refractivity contribution >= 4 is 34.9 Å². The number of halogens is 2. The van der Waals surface area contributed by atoms with Crippen molar-refractivity contribution in [3.8, 4) is 0 Å². The van der Waals surface area contributed by atoms with E-state index in [2.05, 4.69) is 4.98 Å². The third kappa shape index (κ3) is 1.68. The summed E-state index contributed by atoms with van der Waals surface area (Å²) in [5, 5.41) is 0.117. The molecule has 1 aromatic heterocycles. The number of nitrogens with zero attached hydrogens (tertiary/aromatic N) is 1. The molecule has 1 N–H and O–H groups in total. The zero-order chi connectivity index (χ0) is 11.2. The lowest BCUT2D eigenvalue weighted by Gasteiger charge is -2.08. The Bertz CT molecular complexity index is 571. The highest BCUT2D eigenvalue weighted by molar-refractivity contribution is 7.71. The molecule has 5 heteroatoms. The number of hydrogen-bond acceptors (Lipinski definition) is 1. The number of aromatic amines is 1. The molecule has 0 saturated heterocycles. The van der Waals surface area contributed by atoms with Crippen molar-refractivity contribution in [2.45, 2.75) is 19.9 Å². The number of rotatable bonds is 1. The van der Waals surface area contributed by atoms with Gasteiger partial charge < -0.3 is 9.55 Å². The van der Waals surface area contributed by atoms with E-state index in [-0.39, 0.29) is 11.1 Å². The number of fused-ring (bicyclic) bond motifs is 1. The van der Waals surface area contributed by atoms with Crippen LogP contribution in [0.1, 0.15) is 19.9 Å². The van der Waals surface area contributed by atoms with Crippen LogP contribution in [0.2, 0.25) is 5.02 Å². The van der Waals surface area contributed by atoms with Gasteiger partial charge in [0.1, 0.15) is 5.82 Å². The van der Waals surface area contributed by atoms with E-state index in [1.165, 1.54) is 6.07 Å². The fourth-order valence-corrected chi connectivity index (χ4v) is 2.21. The van der Waals surface area contributed by atoms with Crippen molar-refractivity contribution in [2.24, 2.45) is 0 Å². The average Bonchev–Trinajstić information content (AvgIpc) is 2.41. The highest BCUT2D eigenvalue weighted by Gasteiger charge is 2.10. The summed E-state index contributed by atoms with van der Waals surface area (Å²) < 4.78 is 15.7. The summed E-state index contributed by atoms with van der Waals surface area (Å²) in [5.74, 6) is -0.434. The Morgan fingerprint density at radius 1 is 1.47 bits per heavy atom. The van der Waals surface area contributed by atoms with Gasteiger partial charge in [-0.2, -0.15) is 0 Å². The number of imidazole rings is 1. The standard InChI is InChI=1S/C10H10ClFN2S/c1-5(2)14-9-3-6(11)7(12)4-8(9)13-10(14)15/h3-5H,1-2H3,(H,13,15). The molecule has 1 heterocycles. The minimum Gasteiger partial charge on any atom is -0.330 e. The van der Waals surface area contributed by atoms with Crippen LogP contribution >= 0.6 is 23.8 Å². The molecule has 2 nitrogen and oxygen atoms in total. The Kier molecular flexibility index (Phi) is 2.56. The van der Waals surface area contributed by atoms with Crippen LogP contribution in [0.3, 0.4) is 0 Å². The number of aromatic nitrogens is 2. The van der Waals surface area contributed by atoms with E-state index in [0.717, 1.165) is 5.52 Å². The molecule has 0 unspecified atom stereocenters. The van der Waals surface area contributed by atoms with Gasteiger partial charge in [0, 0.05) is 12.1 Å². The maximum absolute atomic E-state index is 13.2. The van der Waals surface area contributed by atoms with Crippen LogP contribution in [-0.2, 0) is 0 Å². The summed E-state index contributed by atoms with van der Waals surface area (Å²) in [5.41, 5.74) is 1.51. The van der Waals surface area contributed by atoms with Crippen molar-refractivity contribution in [1.82, 2.24) is 9.55 Å². The Hall–Kier alpha value is -0.870. The quantitative estimate of drug-likeness (QED) is 0.750. The van der Waals surface area contributed by atoms with Gasteiger partial charge in [-0.15, -0.1) is 0 Å². The second kappa shape index (κ2) is 3.61. The lowest BCUT2D eigenvalue weighted by atomic mass is 10.3. The van der Waals surface area contributed by atoms with Gasteiger partial charge in [-0.05, 0) is 32.1 Å². The Balaban J connectivity index is 2.88. The first-order valence-electron chi connectivity index (χ1n) is 4.60. The first-order valence-corrected chi connectivity index (χ1v) is 5.38. The van der Waals surface area contributed by atoms with E-state index in [0.29, 0.717) is 10.3 Å². The molecule has 0 amide bonds. The van der Waals surface area contributed by atoms with Gasteiger partial charge in [0.15, 0.2) is 4.77 Å². The van der Waals surface area contributed by atoms with Crippen LogP contribution in [-0.4, -0.2) is 9.55 Å². The van der Waals surface area contributed by atoms with Crippen LogP contribution in [0.15, 0.2) is 12.1 Å².